The van der Waals surface area contributed by atoms with Crippen LogP contribution in [0.15, 0.2) is 24.3 Å². The van der Waals surface area contributed by atoms with Crippen molar-refractivity contribution in [1.82, 2.24) is 5.32 Å². The highest BCUT2D eigenvalue weighted by Gasteiger charge is 2.42. The minimum atomic E-state index is -1.13. The van der Waals surface area contributed by atoms with Crippen LogP contribution in [0.2, 0.25) is 0 Å². The van der Waals surface area contributed by atoms with Crippen LogP contribution in [0.25, 0.3) is 0 Å². The summed E-state index contributed by atoms with van der Waals surface area (Å²) in [6, 6.07) is 5.77. The fraction of sp³-hybridized carbons (Fsp3) is 0.500. The van der Waals surface area contributed by atoms with Crippen molar-refractivity contribution in [3.8, 4) is 0 Å². The quantitative estimate of drug-likeness (QED) is 0.574. The van der Waals surface area contributed by atoms with E-state index in [-0.39, 0.29) is 31.2 Å². The summed E-state index contributed by atoms with van der Waals surface area (Å²) in [5.74, 6) is -0.664. The van der Waals surface area contributed by atoms with E-state index >= 15 is 0 Å². The van der Waals surface area contributed by atoms with Gasteiger partial charge in [0.2, 0.25) is 5.91 Å². The van der Waals surface area contributed by atoms with Crippen molar-refractivity contribution in [3.63, 3.8) is 0 Å². The molecule has 1 aliphatic heterocycles. The third-order valence-corrected chi connectivity index (χ3v) is 3.48. The lowest BCUT2D eigenvalue weighted by Gasteiger charge is -2.14. The molecule has 0 aliphatic carbocycles. The largest absolute Gasteiger partial charge is 0.388 e. The molecule has 1 saturated heterocycles. The van der Waals surface area contributed by atoms with Gasteiger partial charge in [-0.3, -0.25) is 4.79 Å². The summed E-state index contributed by atoms with van der Waals surface area (Å²) in [6.45, 7) is 0.330. The van der Waals surface area contributed by atoms with E-state index in [1.165, 1.54) is 12.1 Å². The lowest BCUT2D eigenvalue weighted by molar-refractivity contribution is -0.125. The van der Waals surface area contributed by atoms with Crippen LogP contribution in [-0.4, -0.2) is 47.1 Å². The highest BCUT2D eigenvalue weighted by molar-refractivity contribution is 5.76. The lowest BCUT2D eigenvalue weighted by Crippen LogP contribution is -2.37. The predicted molar refractivity (Wildman–Crippen MR) is 72.6 cm³/mol. The highest BCUT2D eigenvalue weighted by atomic mass is 19.1. The molecule has 0 aromatic heterocycles. The monoisotopic (exact) mass is 298 g/mol. The average Bonchev–Trinajstić information content (AvgIpc) is 2.74. The van der Waals surface area contributed by atoms with Crippen LogP contribution in [0.3, 0.4) is 0 Å². The van der Waals surface area contributed by atoms with E-state index in [0.29, 0.717) is 0 Å². The van der Waals surface area contributed by atoms with Gasteiger partial charge in [-0.15, -0.1) is 0 Å². The molecule has 7 heteroatoms. The van der Waals surface area contributed by atoms with Gasteiger partial charge in [0.15, 0.2) is 0 Å². The topological polar surface area (TPSA) is 105 Å². The Bertz CT molecular complexity index is 482. The first-order chi connectivity index (χ1) is 10.0. The first-order valence-corrected chi connectivity index (χ1v) is 6.74. The Hall–Kier alpha value is -1.54. The fourth-order valence-corrected chi connectivity index (χ4v) is 2.25. The molecule has 1 fully saturated rings. The molecule has 0 bridgehead atoms. The summed E-state index contributed by atoms with van der Waals surface area (Å²) < 4.78 is 18.1. The molecular formula is C14H19FN2O4. The Labute approximate surface area is 121 Å². The van der Waals surface area contributed by atoms with Gasteiger partial charge in [0.05, 0.1) is 18.6 Å². The number of hydrogen-bond acceptors (Lipinski definition) is 5. The standard InChI is InChI=1S/C14H19FN2O4/c15-9-3-1-8(2-4-9)7-17-12(18)5-10-13(19)14(20)11(6-16)21-10/h1-4,10-11,13-14,19-20H,5-7,16H2,(H,17,18)/t10-,11+,13-,14+/m0/s1. The zero-order valence-corrected chi connectivity index (χ0v) is 11.4. The summed E-state index contributed by atoms with van der Waals surface area (Å²) in [5, 5.41) is 22.1. The number of carbonyl (C=O) groups is 1. The molecule has 116 valence electrons. The number of rotatable bonds is 5. The van der Waals surface area contributed by atoms with Crippen LogP contribution in [-0.2, 0) is 16.1 Å². The molecule has 1 aliphatic rings. The molecule has 6 nitrogen and oxygen atoms in total. The van der Waals surface area contributed by atoms with E-state index < -0.39 is 24.4 Å². The summed E-state index contributed by atoms with van der Waals surface area (Å²) >= 11 is 0. The maximum Gasteiger partial charge on any atom is 0.222 e. The fourth-order valence-electron chi connectivity index (χ4n) is 2.25. The molecule has 1 aromatic carbocycles. The minimum absolute atomic E-state index is 0.0735. The Balaban J connectivity index is 1.81. The van der Waals surface area contributed by atoms with Crippen molar-refractivity contribution in [1.29, 1.82) is 0 Å². The number of nitrogens with two attached hydrogens (primary N) is 1. The SMILES string of the molecule is NC[C@H]1O[C@@H](CC(=O)NCc2ccc(F)cc2)[C@H](O)[C@@H]1O. The van der Waals surface area contributed by atoms with E-state index in [1.54, 1.807) is 12.1 Å². The number of halogens is 1. The molecule has 4 atom stereocenters. The van der Waals surface area contributed by atoms with Gasteiger partial charge in [-0.25, -0.2) is 4.39 Å². The van der Waals surface area contributed by atoms with Gasteiger partial charge in [-0.05, 0) is 17.7 Å². The highest BCUT2D eigenvalue weighted by Crippen LogP contribution is 2.22. The maximum atomic E-state index is 12.7. The molecule has 1 aromatic rings. The van der Waals surface area contributed by atoms with Gasteiger partial charge < -0.3 is 26.0 Å². The molecule has 0 radical (unpaired) electrons. The Morgan fingerprint density at radius 3 is 2.43 bits per heavy atom. The molecule has 5 N–H and O–H groups in total. The zero-order valence-electron chi connectivity index (χ0n) is 11.4. The molecule has 0 spiro atoms. The molecule has 1 amide bonds. The van der Waals surface area contributed by atoms with Crippen molar-refractivity contribution in [2.24, 2.45) is 5.73 Å². The first-order valence-electron chi connectivity index (χ1n) is 6.74. The molecule has 0 saturated carbocycles. The predicted octanol–water partition coefficient (Wildman–Crippen LogP) is -0.720. The van der Waals surface area contributed by atoms with Gasteiger partial charge in [0.25, 0.3) is 0 Å². The van der Waals surface area contributed by atoms with E-state index in [4.69, 9.17) is 10.5 Å². The minimum Gasteiger partial charge on any atom is -0.388 e. The van der Waals surface area contributed by atoms with E-state index in [9.17, 15) is 19.4 Å². The van der Waals surface area contributed by atoms with E-state index in [2.05, 4.69) is 5.32 Å². The van der Waals surface area contributed by atoms with Gasteiger partial charge in [0.1, 0.15) is 18.0 Å². The van der Waals surface area contributed by atoms with E-state index in [1.807, 2.05) is 0 Å². The normalized spacial score (nSPS) is 28.6. The number of hydrogen-bond donors (Lipinski definition) is 4. The average molecular weight is 298 g/mol. The van der Waals surface area contributed by atoms with Crippen LogP contribution in [0, 0.1) is 5.82 Å². The van der Waals surface area contributed by atoms with Gasteiger partial charge in [0, 0.05) is 13.1 Å². The first kappa shape index (κ1) is 15.8. The van der Waals surface area contributed by atoms with Crippen molar-refractivity contribution in [3.05, 3.63) is 35.6 Å². The maximum absolute atomic E-state index is 12.7. The number of amides is 1. The molecular weight excluding hydrogens is 279 g/mol. The number of ether oxygens (including phenoxy) is 1. The van der Waals surface area contributed by atoms with Crippen molar-refractivity contribution < 1.29 is 24.1 Å². The van der Waals surface area contributed by atoms with Crippen LogP contribution >= 0.6 is 0 Å². The Morgan fingerprint density at radius 2 is 1.86 bits per heavy atom. The number of aliphatic hydroxyl groups is 2. The van der Waals surface area contributed by atoms with Crippen LogP contribution < -0.4 is 11.1 Å². The van der Waals surface area contributed by atoms with Gasteiger partial charge in [-0.1, -0.05) is 12.1 Å². The number of benzene rings is 1. The van der Waals surface area contributed by atoms with Gasteiger partial charge >= 0.3 is 0 Å². The van der Waals surface area contributed by atoms with Gasteiger partial charge in [-0.2, -0.15) is 0 Å². The van der Waals surface area contributed by atoms with Crippen LogP contribution in [0.5, 0.6) is 0 Å². The summed E-state index contributed by atoms with van der Waals surface area (Å²) in [6.07, 6.45) is -3.72. The second-order valence-electron chi connectivity index (χ2n) is 5.04. The Kier molecular flexibility index (Phi) is 5.24. The smallest absolute Gasteiger partial charge is 0.222 e. The molecule has 0 unspecified atom stereocenters. The lowest BCUT2D eigenvalue weighted by atomic mass is 10.1. The number of carbonyl (C=O) groups excluding carboxylic acids is 1. The number of aliphatic hydroxyl groups excluding tert-OH is 2. The summed E-state index contributed by atoms with van der Waals surface area (Å²) in [4.78, 5) is 11.8. The third-order valence-electron chi connectivity index (χ3n) is 3.48. The van der Waals surface area contributed by atoms with Crippen LogP contribution in [0.1, 0.15) is 12.0 Å². The second kappa shape index (κ2) is 6.95. The van der Waals surface area contributed by atoms with E-state index in [0.717, 1.165) is 5.56 Å². The molecule has 2 rings (SSSR count). The molecule has 21 heavy (non-hydrogen) atoms. The third kappa shape index (κ3) is 3.98. The number of nitrogens with one attached hydrogen (secondary N) is 1. The van der Waals surface area contributed by atoms with Crippen molar-refractivity contribution in [2.75, 3.05) is 6.54 Å². The van der Waals surface area contributed by atoms with Crippen molar-refractivity contribution in [2.45, 2.75) is 37.4 Å². The Morgan fingerprint density at radius 1 is 1.24 bits per heavy atom. The zero-order chi connectivity index (χ0) is 15.4. The molecule has 1 heterocycles. The van der Waals surface area contributed by atoms with Crippen LogP contribution in [0.4, 0.5) is 4.39 Å². The van der Waals surface area contributed by atoms with Crippen molar-refractivity contribution >= 4 is 5.91 Å². The summed E-state index contributed by atoms with van der Waals surface area (Å²) in [5.41, 5.74) is 6.16. The summed E-state index contributed by atoms with van der Waals surface area (Å²) in [7, 11) is 0. The second-order valence-corrected chi connectivity index (χ2v) is 5.04.